The maximum Gasteiger partial charge on any atom is 0.322 e. The average molecular weight is 441 g/mol. The lowest BCUT2D eigenvalue weighted by Gasteiger charge is -2.33. The minimum atomic E-state index is -1.16. The molecule has 31 heavy (non-hydrogen) atoms. The number of hydrogen-bond donors (Lipinski definition) is 1. The van der Waals surface area contributed by atoms with Crippen LogP contribution in [0.4, 0.5) is 14.5 Å². The molecule has 158 valence electrons. The Morgan fingerprint density at radius 3 is 2.84 bits per heavy atom. The Labute approximate surface area is 181 Å². The normalized spacial score (nSPS) is 27.0. The fourth-order valence-electron chi connectivity index (χ4n) is 3.93. The molecule has 0 amide bonds. The molecule has 0 aromatic carbocycles. The maximum absolute atomic E-state index is 14.8. The Kier molecular flexibility index (Phi) is 5.01. The Bertz CT molecular complexity index is 1180. The minimum Gasteiger partial charge on any atom is -0.468 e. The number of carbonyl (C=O) groups excluding carboxylic acids is 1. The molecule has 0 bridgehead atoms. The predicted molar refractivity (Wildman–Crippen MR) is 113 cm³/mol. The lowest BCUT2D eigenvalue weighted by atomic mass is 9.86. The van der Waals surface area contributed by atoms with Crippen molar-refractivity contribution < 1.29 is 18.3 Å². The van der Waals surface area contributed by atoms with Crippen LogP contribution in [0.25, 0.3) is 16.7 Å². The first-order chi connectivity index (χ1) is 14.7. The van der Waals surface area contributed by atoms with Crippen LogP contribution >= 0.6 is 11.8 Å². The van der Waals surface area contributed by atoms with Crippen molar-refractivity contribution in [2.24, 2.45) is 16.6 Å². The number of thioether (sulfide) groups is 1. The molecule has 4 rings (SSSR count). The van der Waals surface area contributed by atoms with E-state index in [-0.39, 0.29) is 22.3 Å². The van der Waals surface area contributed by atoms with Gasteiger partial charge in [-0.05, 0) is 37.1 Å². The molecule has 2 aromatic rings. The van der Waals surface area contributed by atoms with Crippen LogP contribution in [-0.4, -0.2) is 33.0 Å². The molecular weight excluding hydrogens is 424 g/mol. The summed E-state index contributed by atoms with van der Waals surface area (Å²) >= 11 is 1.12. The molecule has 0 radical (unpaired) electrons. The molecule has 10 heteroatoms. The van der Waals surface area contributed by atoms with Crippen LogP contribution < -0.4 is 5.73 Å². The van der Waals surface area contributed by atoms with E-state index in [1.54, 1.807) is 6.92 Å². The zero-order valence-corrected chi connectivity index (χ0v) is 17.4. The second kappa shape index (κ2) is 7.42. The molecular formula is C21H17F2N5O2S. The lowest BCUT2D eigenvalue weighted by molar-refractivity contribution is -0.141. The summed E-state index contributed by atoms with van der Waals surface area (Å²) in [5.41, 5.74) is 5.55. The monoisotopic (exact) mass is 441 g/mol. The van der Waals surface area contributed by atoms with Gasteiger partial charge in [0.05, 0.1) is 24.9 Å². The van der Waals surface area contributed by atoms with E-state index >= 15 is 0 Å². The average Bonchev–Trinajstić information content (AvgIpc) is 3.51. The molecule has 1 aliphatic carbocycles. The third kappa shape index (κ3) is 3.45. The number of rotatable bonds is 4. The van der Waals surface area contributed by atoms with E-state index in [2.05, 4.69) is 19.8 Å². The second-order valence-electron chi connectivity index (χ2n) is 7.45. The van der Waals surface area contributed by atoms with E-state index in [4.69, 9.17) is 17.0 Å². The van der Waals surface area contributed by atoms with Gasteiger partial charge in [0.1, 0.15) is 10.6 Å². The van der Waals surface area contributed by atoms with Crippen LogP contribution in [0.5, 0.6) is 0 Å². The fourth-order valence-corrected chi connectivity index (χ4v) is 5.32. The highest BCUT2D eigenvalue weighted by molar-refractivity contribution is 8.15. The van der Waals surface area contributed by atoms with Gasteiger partial charge in [-0.15, -0.1) is 0 Å². The Morgan fingerprint density at radius 2 is 2.19 bits per heavy atom. The number of aliphatic imine (C=N–C) groups is 1. The lowest BCUT2D eigenvalue weighted by Crippen LogP contribution is -2.40. The largest absolute Gasteiger partial charge is 0.468 e. The van der Waals surface area contributed by atoms with Gasteiger partial charge in [-0.1, -0.05) is 17.8 Å². The van der Waals surface area contributed by atoms with Crippen molar-refractivity contribution in [3.63, 3.8) is 0 Å². The van der Waals surface area contributed by atoms with Gasteiger partial charge in [0.25, 0.3) is 0 Å². The number of esters is 1. The van der Waals surface area contributed by atoms with Gasteiger partial charge in [0.15, 0.2) is 5.17 Å². The van der Waals surface area contributed by atoms with E-state index < -0.39 is 28.0 Å². The third-order valence-electron chi connectivity index (χ3n) is 5.57. The Morgan fingerprint density at radius 1 is 1.42 bits per heavy atom. The number of halogens is 2. The highest BCUT2D eigenvalue weighted by atomic mass is 32.2. The van der Waals surface area contributed by atoms with Crippen LogP contribution in [0.2, 0.25) is 0 Å². The highest BCUT2D eigenvalue weighted by Crippen LogP contribution is 2.66. The van der Waals surface area contributed by atoms with Crippen LogP contribution in [-0.2, 0) is 15.1 Å². The zero-order chi connectivity index (χ0) is 22.4. The van der Waals surface area contributed by atoms with Gasteiger partial charge in [-0.25, -0.2) is 14.2 Å². The molecule has 7 nitrogen and oxygen atoms in total. The molecule has 0 spiro atoms. The number of aromatic nitrogens is 2. The predicted octanol–water partition coefficient (Wildman–Crippen LogP) is 3.84. The number of amidine groups is 1. The maximum atomic E-state index is 14.8. The van der Waals surface area contributed by atoms with E-state index in [1.807, 2.05) is 0 Å². The minimum absolute atomic E-state index is 0.0349. The summed E-state index contributed by atoms with van der Waals surface area (Å²) in [6, 6.07) is 4.29. The van der Waals surface area contributed by atoms with Crippen molar-refractivity contribution in [1.82, 2.24) is 9.97 Å². The first-order valence-electron chi connectivity index (χ1n) is 9.23. The molecule has 2 aromatic heterocycles. The number of carbonyl (C=O) groups is 1. The van der Waals surface area contributed by atoms with Crippen molar-refractivity contribution in [3.8, 4) is 0 Å². The van der Waals surface area contributed by atoms with Crippen molar-refractivity contribution >= 4 is 40.5 Å². The first kappa shape index (κ1) is 20.9. The van der Waals surface area contributed by atoms with Crippen molar-refractivity contribution in [2.75, 3.05) is 7.11 Å². The number of ether oxygens (including phenoxy) is 1. The summed E-state index contributed by atoms with van der Waals surface area (Å²) < 4.78 is 33.5. The Balaban J connectivity index is 1.72. The SMILES string of the molecule is [C-]#[N+]c1ccc(/C(F)=C/c2cnc(F)c([C@@]3(C)N=C(N)S[C@@]4(C(=O)OC)C[C@H]43)c2)nc1. The van der Waals surface area contributed by atoms with Gasteiger partial charge in [0, 0.05) is 23.9 Å². The van der Waals surface area contributed by atoms with Crippen molar-refractivity contribution in [1.29, 1.82) is 0 Å². The summed E-state index contributed by atoms with van der Waals surface area (Å²) in [5.74, 6) is -2.21. The summed E-state index contributed by atoms with van der Waals surface area (Å²) in [5, 5.41) is 0.150. The molecule has 1 aliphatic heterocycles. The second-order valence-corrected chi connectivity index (χ2v) is 8.80. The van der Waals surface area contributed by atoms with E-state index in [0.717, 1.165) is 11.8 Å². The number of nitrogens with zero attached hydrogens (tertiary/aromatic N) is 4. The van der Waals surface area contributed by atoms with Gasteiger partial charge >= 0.3 is 5.97 Å². The zero-order valence-electron chi connectivity index (χ0n) is 16.6. The highest BCUT2D eigenvalue weighted by Gasteiger charge is 2.71. The van der Waals surface area contributed by atoms with Crippen LogP contribution in [0.1, 0.15) is 30.2 Å². The topological polar surface area (TPSA) is 94.8 Å². The number of fused-ring (bicyclic) bond motifs is 1. The van der Waals surface area contributed by atoms with Crippen molar-refractivity contribution in [3.05, 3.63) is 64.8 Å². The molecule has 2 aliphatic rings. The fraction of sp³-hybridized carbons (Fsp3) is 0.286. The summed E-state index contributed by atoms with van der Waals surface area (Å²) in [6.45, 7) is 8.61. The third-order valence-corrected chi connectivity index (χ3v) is 6.85. The van der Waals surface area contributed by atoms with E-state index in [1.165, 1.54) is 43.8 Å². The van der Waals surface area contributed by atoms with Crippen LogP contribution in [0.3, 0.4) is 0 Å². The number of pyridine rings is 2. The Hall–Kier alpha value is -3.32. The summed E-state index contributed by atoms with van der Waals surface area (Å²) in [4.78, 5) is 27.7. The molecule has 3 atom stereocenters. The standard InChI is InChI=1S/C21H17F2N5O2S/c1-20(16-8-21(16,18(29)30-3)31-19(24)28-20)13-6-11(9-27-17(13)23)7-14(22)15-5-4-12(25-2)10-26-15/h4-7,9-10,16H,8H2,1,3H3,(H2,24,28)/b14-7-/t16-,20+,21-/m0/s1. The number of methoxy groups -OCH3 is 1. The molecule has 3 heterocycles. The van der Waals surface area contributed by atoms with Crippen LogP contribution in [0, 0.1) is 18.4 Å². The smallest absolute Gasteiger partial charge is 0.322 e. The van der Waals surface area contributed by atoms with Gasteiger partial charge in [-0.3, -0.25) is 14.8 Å². The quantitative estimate of drug-likeness (QED) is 0.440. The molecule has 2 N–H and O–H groups in total. The number of nitrogens with two attached hydrogens (primary N) is 1. The summed E-state index contributed by atoms with van der Waals surface area (Å²) in [6.07, 6.45) is 4.06. The van der Waals surface area contributed by atoms with Gasteiger partial charge in [-0.2, -0.15) is 4.39 Å². The molecule has 0 saturated heterocycles. The first-order valence-corrected chi connectivity index (χ1v) is 10.0. The molecule has 1 fully saturated rings. The van der Waals surface area contributed by atoms with Crippen LogP contribution in [0.15, 0.2) is 35.6 Å². The van der Waals surface area contributed by atoms with Gasteiger partial charge in [0.2, 0.25) is 11.6 Å². The van der Waals surface area contributed by atoms with Crippen molar-refractivity contribution in [2.45, 2.75) is 23.6 Å². The van der Waals surface area contributed by atoms with Gasteiger partial charge < -0.3 is 10.5 Å². The molecule has 0 unspecified atom stereocenters. The summed E-state index contributed by atoms with van der Waals surface area (Å²) in [7, 11) is 1.29. The number of hydrogen-bond acceptors (Lipinski definition) is 7. The van der Waals surface area contributed by atoms with E-state index in [9.17, 15) is 13.6 Å². The van der Waals surface area contributed by atoms with E-state index in [0.29, 0.717) is 17.7 Å². The molecule has 1 saturated carbocycles.